The Balaban J connectivity index is 1.11. The fourth-order valence-electron chi connectivity index (χ4n) is 12.3. The molecule has 14 rings (SSSR count). The van der Waals surface area contributed by atoms with Crippen molar-refractivity contribution >= 4 is 105 Å². The molecule has 0 fully saturated rings. The van der Waals surface area contributed by atoms with E-state index in [9.17, 15) is 0 Å². The van der Waals surface area contributed by atoms with Gasteiger partial charge in [0.25, 0.3) is 0 Å². The molecule has 2 aromatic heterocycles. The quantitative estimate of drug-likeness (QED) is 0.128. The third-order valence-corrected chi connectivity index (χ3v) is 15.7. The highest BCUT2D eigenvalue weighted by Crippen LogP contribution is 2.54. The Bertz CT molecular complexity index is 4360. The molecule has 13 aromatic rings. The Kier molecular flexibility index (Phi) is 10.3. The molecule has 0 amide bonds. The van der Waals surface area contributed by atoms with Crippen LogP contribution in [-0.2, 0) is 0 Å². The Morgan fingerprint density at radius 1 is 0.405 bits per heavy atom. The van der Waals surface area contributed by atoms with Gasteiger partial charge >= 0.3 is 0 Å². The van der Waals surface area contributed by atoms with E-state index in [2.05, 4.69) is 262 Å². The minimum atomic E-state index is 0.0974. The zero-order valence-corrected chi connectivity index (χ0v) is 42.0. The Hall–Kier alpha value is -8.86. The molecule has 4 heteroatoms. The molecule has 1 atom stereocenters. The Morgan fingerprint density at radius 3 is 1.47 bits per heavy atom. The van der Waals surface area contributed by atoms with E-state index in [-0.39, 0.29) is 17.8 Å². The summed E-state index contributed by atoms with van der Waals surface area (Å²) in [6.45, 7) is 9.37. The monoisotopic (exact) mass is 954 g/mol. The standard InChI is InChI=1S/C70H54N2O2/c1-43(2)57-41-63(71(59-31-15-11-25-47(59)45-21-7-5-8-22-45)61-33-19-29-53-49-27-13-17-35-65(49)73-69(53)61)55-40-38-52-58(44(3)4)42-64(56-39-37-51(57)67(55)68(52)56)72(60-32-16-12-26-48(60)46-23-9-6-10-24-46)62-34-20-30-54-50-28-14-18-36-66(50)74-70(54)62/h5-25,27-44,48H,26H2,1-4H3. The van der Waals surface area contributed by atoms with Gasteiger partial charge in [0.05, 0.1) is 28.4 Å². The summed E-state index contributed by atoms with van der Waals surface area (Å²) in [5.74, 6) is 0.528. The van der Waals surface area contributed by atoms with Crippen molar-refractivity contribution in [3.8, 4) is 11.1 Å². The average molecular weight is 955 g/mol. The van der Waals surface area contributed by atoms with Gasteiger partial charge in [0.1, 0.15) is 11.2 Å². The van der Waals surface area contributed by atoms with Crippen LogP contribution < -0.4 is 9.80 Å². The van der Waals surface area contributed by atoms with Crippen LogP contribution in [0.5, 0.6) is 0 Å². The lowest BCUT2D eigenvalue weighted by Crippen LogP contribution is -2.23. The van der Waals surface area contributed by atoms with Gasteiger partial charge in [-0.3, -0.25) is 0 Å². The molecule has 74 heavy (non-hydrogen) atoms. The predicted octanol–water partition coefficient (Wildman–Crippen LogP) is 20.5. The fourth-order valence-corrected chi connectivity index (χ4v) is 12.3. The first-order chi connectivity index (χ1) is 36.4. The molecule has 4 nitrogen and oxygen atoms in total. The van der Waals surface area contributed by atoms with Crippen molar-refractivity contribution in [3.63, 3.8) is 0 Å². The van der Waals surface area contributed by atoms with Crippen molar-refractivity contribution in [1.29, 1.82) is 0 Å². The molecule has 0 aliphatic heterocycles. The van der Waals surface area contributed by atoms with Gasteiger partial charge in [0, 0.05) is 49.5 Å². The first kappa shape index (κ1) is 43.9. The van der Waals surface area contributed by atoms with Crippen LogP contribution in [0.25, 0.3) is 87.3 Å². The van der Waals surface area contributed by atoms with Gasteiger partial charge in [0.2, 0.25) is 0 Å². The van der Waals surface area contributed by atoms with Crippen LogP contribution in [0.4, 0.5) is 28.4 Å². The van der Waals surface area contributed by atoms with Crippen molar-refractivity contribution in [2.24, 2.45) is 0 Å². The number of allylic oxidation sites excluding steroid dienone is 4. The third-order valence-electron chi connectivity index (χ3n) is 15.7. The van der Waals surface area contributed by atoms with Crippen LogP contribution >= 0.6 is 0 Å². The summed E-state index contributed by atoms with van der Waals surface area (Å²) in [6.07, 6.45) is 7.77. The molecule has 1 aliphatic rings. The summed E-state index contributed by atoms with van der Waals surface area (Å²) < 4.78 is 13.9. The SMILES string of the molecule is CC(C)c1cc(N(C2=CC=CCC2c2ccccc2)c2cccc3c2oc2ccccc23)c2ccc3c(C(C)C)cc(N(c4ccccc4-c4ccccc4)c4cccc5c4oc4ccccc45)c4ccc1c2c34. The van der Waals surface area contributed by atoms with E-state index in [0.717, 1.165) is 89.9 Å². The largest absolute Gasteiger partial charge is 0.454 e. The van der Waals surface area contributed by atoms with Gasteiger partial charge in [-0.15, -0.1) is 0 Å². The molecule has 0 radical (unpaired) electrons. The lowest BCUT2D eigenvalue weighted by Gasteiger charge is -2.36. The number of anilines is 5. The van der Waals surface area contributed by atoms with Crippen molar-refractivity contribution in [2.45, 2.75) is 51.9 Å². The maximum absolute atomic E-state index is 6.98. The first-order valence-corrected chi connectivity index (χ1v) is 26.2. The minimum Gasteiger partial charge on any atom is -0.454 e. The van der Waals surface area contributed by atoms with E-state index in [1.165, 1.54) is 54.7 Å². The number of furan rings is 2. The fraction of sp³-hybridized carbons (Fsp3) is 0.114. The average Bonchev–Trinajstić information content (AvgIpc) is 4.04. The topological polar surface area (TPSA) is 32.8 Å². The summed E-state index contributed by atoms with van der Waals surface area (Å²) >= 11 is 0. The summed E-state index contributed by atoms with van der Waals surface area (Å²) in [5, 5.41) is 11.9. The Labute approximate surface area is 431 Å². The molecule has 356 valence electrons. The van der Waals surface area contributed by atoms with Crippen LogP contribution in [0.2, 0.25) is 0 Å². The number of hydrogen-bond donors (Lipinski definition) is 0. The van der Waals surface area contributed by atoms with E-state index in [4.69, 9.17) is 8.83 Å². The highest BCUT2D eigenvalue weighted by Gasteiger charge is 2.32. The lowest BCUT2D eigenvalue weighted by molar-refractivity contribution is 0.667. The van der Waals surface area contributed by atoms with Gasteiger partial charge in [-0.2, -0.15) is 0 Å². The van der Waals surface area contributed by atoms with Crippen LogP contribution in [0.15, 0.2) is 239 Å². The highest BCUT2D eigenvalue weighted by atomic mass is 16.3. The van der Waals surface area contributed by atoms with Gasteiger partial charge in [0.15, 0.2) is 11.2 Å². The molecule has 0 bridgehead atoms. The second-order valence-corrected chi connectivity index (χ2v) is 20.6. The smallest absolute Gasteiger partial charge is 0.159 e. The molecule has 0 spiro atoms. The van der Waals surface area contributed by atoms with E-state index in [0.29, 0.717) is 0 Å². The van der Waals surface area contributed by atoms with Crippen LogP contribution in [0, 0.1) is 0 Å². The zero-order valence-electron chi connectivity index (χ0n) is 42.0. The molecule has 1 aliphatic carbocycles. The molecule has 0 saturated carbocycles. The maximum atomic E-state index is 6.98. The maximum Gasteiger partial charge on any atom is 0.159 e. The van der Waals surface area contributed by atoms with Crippen LogP contribution in [0.1, 0.15) is 68.6 Å². The summed E-state index contributed by atoms with van der Waals surface area (Å²) in [7, 11) is 0. The van der Waals surface area contributed by atoms with Gasteiger partial charge in [-0.05, 0) is 111 Å². The number of fused-ring (bicyclic) bond motifs is 6. The number of para-hydroxylation sites is 5. The number of nitrogens with zero attached hydrogens (tertiary/aromatic N) is 2. The number of rotatable bonds is 10. The van der Waals surface area contributed by atoms with Crippen molar-refractivity contribution in [2.75, 3.05) is 9.80 Å². The lowest BCUT2D eigenvalue weighted by atomic mass is 9.83. The number of benzene rings is 11. The van der Waals surface area contributed by atoms with Crippen molar-refractivity contribution in [3.05, 3.63) is 247 Å². The van der Waals surface area contributed by atoms with Crippen LogP contribution in [0.3, 0.4) is 0 Å². The normalized spacial score (nSPS) is 14.0. The van der Waals surface area contributed by atoms with Crippen LogP contribution in [-0.4, -0.2) is 0 Å². The second kappa shape index (κ2) is 17.4. The molecular weight excluding hydrogens is 901 g/mol. The first-order valence-electron chi connectivity index (χ1n) is 26.2. The van der Waals surface area contributed by atoms with E-state index >= 15 is 0 Å². The second-order valence-electron chi connectivity index (χ2n) is 20.6. The summed E-state index contributed by atoms with van der Waals surface area (Å²) in [4.78, 5) is 5.05. The Morgan fingerprint density at radius 2 is 0.878 bits per heavy atom. The van der Waals surface area contributed by atoms with E-state index in [1.807, 2.05) is 0 Å². The van der Waals surface area contributed by atoms with Gasteiger partial charge in [-0.1, -0.05) is 204 Å². The molecule has 0 N–H and O–H groups in total. The predicted molar refractivity (Wildman–Crippen MR) is 313 cm³/mol. The molecular formula is C70H54N2O2. The van der Waals surface area contributed by atoms with Crippen molar-refractivity contribution in [1.82, 2.24) is 0 Å². The van der Waals surface area contributed by atoms with Crippen molar-refractivity contribution < 1.29 is 8.83 Å². The summed E-state index contributed by atoms with van der Waals surface area (Å²) in [6, 6.07) is 75.4. The molecule has 11 aromatic carbocycles. The van der Waals surface area contributed by atoms with Gasteiger partial charge < -0.3 is 18.6 Å². The third kappa shape index (κ3) is 6.82. The zero-order chi connectivity index (χ0) is 49.6. The molecule has 0 saturated heterocycles. The van der Waals surface area contributed by atoms with E-state index < -0.39 is 0 Å². The highest BCUT2D eigenvalue weighted by molar-refractivity contribution is 6.30. The van der Waals surface area contributed by atoms with E-state index in [1.54, 1.807) is 0 Å². The van der Waals surface area contributed by atoms with Gasteiger partial charge in [-0.25, -0.2) is 0 Å². The molecule has 2 heterocycles. The molecule has 1 unspecified atom stereocenters. The minimum absolute atomic E-state index is 0.0974. The number of hydrogen-bond acceptors (Lipinski definition) is 4. The summed E-state index contributed by atoms with van der Waals surface area (Å²) in [5.41, 5.74) is 16.2.